The molecule has 0 unspecified atom stereocenters. The summed E-state index contributed by atoms with van der Waals surface area (Å²) in [6.07, 6.45) is -0.670. The standard InChI is InChI=1S/C13H17NO5S/c1-10-2-4-12(5-3-10)20(17,18)19-11-6-8-14(9-7-11)13(15)16/h2-5,11H,6-9H2,1H3,(H,15,16). The van der Waals surface area contributed by atoms with Crippen molar-refractivity contribution < 1.29 is 22.5 Å². The van der Waals surface area contributed by atoms with Crippen LogP contribution in [0.2, 0.25) is 0 Å². The third kappa shape index (κ3) is 3.49. The number of carboxylic acid groups (broad SMARTS) is 1. The molecule has 7 heteroatoms. The molecule has 20 heavy (non-hydrogen) atoms. The summed E-state index contributed by atoms with van der Waals surface area (Å²) in [6, 6.07) is 6.45. The first kappa shape index (κ1) is 14.8. The number of rotatable bonds is 3. The van der Waals surface area contributed by atoms with Crippen LogP contribution in [0, 0.1) is 6.92 Å². The molecule has 1 fully saturated rings. The van der Waals surface area contributed by atoms with Gasteiger partial charge in [0.05, 0.1) is 11.0 Å². The number of likely N-dealkylation sites (tertiary alicyclic amines) is 1. The summed E-state index contributed by atoms with van der Waals surface area (Å²) in [5.74, 6) is 0. The van der Waals surface area contributed by atoms with Gasteiger partial charge in [0.15, 0.2) is 0 Å². The van der Waals surface area contributed by atoms with E-state index in [4.69, 9.17) is 9.29 Å². The summed E-state index contributed by atoms with van der Waals surface area (Å²) in [7, 11) is -3.78. The zero-order valence-electron chi connectivity index (χ0n) is 11.2. The molecule has 1 aromatic rings. The third-order valence-electron chi connectivity index (χ3n) is 3.28. The summed E-state index contributed by atoms with van der Waals surface area (Å²) in [5, 5.41) is 8.83. The summed E-state index contributed by atoms with van der Waals surface area (Å²) < 4.78 is 29.3. The van der Waals surface area contributed by atoms with Crippen LogP contribution < -0.4 is 0 Å². The normalized spacial score (nSPS) is 17.1. The van der Waals surface area contributed by atoms with Crippen LogP contribution in [0.25, 0.3) is 0 Å². The van der Waals surface area contributed by atoms with E-state index >= 15 is 0 Å². The van der Waals surface area contributed by atoms with Crippen molar-refractivity contribution in [2.45, 2.75) is 30.8 Å². The zero-order valence-corrected chi connectivity index (χ0v) is 12.0. The van der Waals surface area contributed by atoms with E-state index in [0.29, 0.717) is 25.9 Å². The molecule has 0 radical (unpaired) electrons. The molecular formula is C13H17NO5S. The fourth-order valence-electron chi connectivity index (χ4n) is 2.08. The lowest BCUT2D eigenvalue weighted by Crippen LogP contribution is -2.40. The van der Waals surface area contributed by atoms with Gasteiger partial charge in [-0.2, -0.15) is 8.42 Å². The van der Waals surface area contributed by atoms with Crippen molar-refractivity contribution in [1.82, 2.24) is 4.90 Å². The topological polar surface area (TPSA) is 83.9 Å². The van der Waals surface area contributed by atoms with Crippen molar-refractivity contribution >= 4 is 16.2 Å². The van der Waals surface area contributed by atoms with Crippen LogP contribution in [0.3, 0.4) is 0 Å². The second-order valence-corrected chi connectivity index (χ2v) is 6.40. The van der Waals surface area contributed by atoms with Gasteiger partial charge in [-0.15, -0.1) is 0 Å². The van der Waals surface area contributed by atoms with Crippen LogP contribution in [0.15, 0.2) is 29.2 Å². The van der Waals surface area contributed by atoms with E-state index in [1.807, 2.05) is 6.92 Å². The SMILES string of the molecule is Cc1ccc(S(=O)(=O)OC2CCN(C(=O)O)CC2)cc1. The maximum Gasteiger partial charge on any atom is 0.407 e. The van der Waals surface area contributed by atoms with Gasteiger partial charge in [-0.1, -0.05) is 17.7 Å². The van der Waals surface area contributed by atoms with Crippen molar-refractivity contribution in [2.75, 3.05) is 13.1 Å². The van der Waals surface area contributed by atoms with E-state index in [1.54, 1.807) is 12.1 Å². The number of piperidine rings is 1. The van der Waals surface area contributed by atoms with Crippen LogP contribution in [0.4, 0.5) is 4.79 Å². The molecule has 0 saturated carbocycles. The number of amides is 1. The van der Waals surface area contributed by atoms with Gasteiger partial charge < -0.3 is 10.0 Å². The van der Waals surface area contributed by atoms with Crippen LogP contribution in [0.5, 0.6) is 0 Å². The molecule has 1 aliphatic heterocycles. The van der Waals surface area contributed by atoms with Crippen molar-refractivity contribution in [3.63, 3.8) is 0 Å². The lowest BCUT2D eigenvalue weighted by Gasteiger charge is -2.29. The largest absolute Gasteiger partial charge is 0.465 e. The molecular weight excluding hydrogens is 282 g/mol. The Bertz CT molecular complexity index is 573. The lowest BCUT2D eigenvalue weighted by atomic mass is 10.1. The lowest BCUT2D eigenvalue weighted by molar-refractivity contribution is 0.0928. The maximum absolute atomic E-state index is 12.1. The molecule has 110 valence electrons. The fraction of sp³-hybridized carbons (Fsp3) is 0.462. The van der Waals surface area contributed by atoms with Crippen LogP contribution in [-0.2, 0) is 14.3 Å². The van der Waals surface area contributed by atoms with Gasteiger partial charge in [0.25, 0.3) is 10.1 Å². The number of hydrogen-bond acceptors (Lipinski definition) is 4. The molecule has 1 heterocycles. The van der Waals surface area contributed by atoms with Crippen molar-refractivity contribution in [2.24, 2.45) is 0 Å². The zero-order chi connectivity index (χ0) is 14.8. The smallest absolute Gasteiger partial charge is 0.407 e. The Kier molecular flexibility index (Phi) is 4.29. The third-order valence-corrected chi connectivity index (χ3v) is 4.66. The minimum Gasteiger partial charge on any atom is -0.465 e. The molecule has 6 nitrogen and oxygen atoms in total. The molecule has 0 aromatic heterocycles. The molecule has 0 bridgehead atoms. The van der Waals surface area contributed by atoms with Crippen LogP contribution in [0.1, 0.15) is 18.4 Å². The van der Waals surface area contributed by atoms with Gasteiger partial charge in [-0.25, -0.2) is 4.79 Å². The molecule has 1 aromatic carbocycles. The van der Waals surface area contributed by atoms with E-state index in [0.717, 1.165) is 5.56 Å². The Morgan fingerprint density at radius 1 is 1.25 bits per heavy atom. The quantitative estimate of drug-likeness (QED) is 0.861. The first-order valence-electron chi connectivity index (χ1n) is 6.36. The summed E-state index contributed by atoms with van der Waals surface area (Å²) in [5.41, 5.74) is 0.971. The molecule has 1 aliphatic rings. The van der Waals surface area contributed by atoms with Gasteiger partial charge in [0.1, 0.15) is 0 Å². The maximum atomic E-state index is 12.1. The number of aryl methyl sites for hydroxylation is 1. The average molecular weight is 299 g/mol. The fourth-order valence-corrected chi connectivity index (χ4v) is 3.21. The summed E-state index contributed by atoms with van der Waals surface area (Å²) >= 11 is 0. The Labute approximate surface area is 118 Å². The highest BCUT2D eigenvalue weighted by molar-refractivity contribution is 7.86. The van der Waals surface area contributed by atoms with Gasteiger partial charge in [-0.3, -0.25) is 4.18 Å². The number of carbonyl (C=O) groups is 1. The van der Waals surface area contributed by atoms with Gasteiger partial charge in [0, 0.05) is 13.1 Å². The van der Waals surface area contributed by atoms with Crippen LogP contribution >= 0.6 is 0 Å². The van der Waals surface area contributed by atoms with Crippen molar-refractivity contribution in [1.29, 1.82) is 0 Å². The monoisotopic (exact) mass is 299 g/mol. The van der Waals surface area contributed by atoms with E-state index in [1.165, 1.54) is 17.0 Å². The molecule has 1 amide bonds. The number of nitrogens with zero attached hydrogens (tertiary/aromatic N) is 1. The van der Waals surface area contributed by atoms with E-state index in [-0.39, 0.29) is 4.90 Å². The van der Waals surface area contributed by atoms with Gasteiger partial charge >= 0.3 is 6.09 Å². The summed E-state index contributed by atoms with van der Waals surface area (Å²) in [6.45, 7) is 2.46. The number of hydrogen-bond donors (Lipinski definition) is 1. The minimum atomic E-state index is -3.78. The minimum absolute atomic E-state index is 0.128. The van der Waals surface area contributed by atoms with Crippen molar-refractivity contribution in [3.8, 4) is 0 Å². The molecule has 1 N–H and O–H groups in total. The molecule has 0 atom stereocenters. The number of benzene rings is 1. The first-order valence-corrected chi connectivity index (χ1v) is 7.77. The Morgan fingerprint density at radius 2 is 1.80 bits per heavy atom. The van der Waals surface area contributed by atoms with E-state index < -0.39 is 22.3 Å². The van der Waals surface area contributed by atoms with Gasteiger partial charge in [0.2, 0.25) is 0 Å². The second kappa shape index (κ2) is 5.80. The highest BCUT2D eigenvalue weighted by Gasteiger charge is 2.27. The average Bonchev–Trinajstić information content (AvgIpc) is 2.39. The van der Waals surface area contributed by atoms with E-state index in [2.05, 4.69) is 0 Å². The van der Waals surface area contributed by atoms with Crippen molar-refractivity contribution in [3.05, 3.63) is 29.8 Å². The van der Waals surface area contributed by atoms with Gasteiger partial charge in [-0.05, 0) is 31.9 Å². The second-order valence-electron chi connectivity index (χ2n) is 4.83. The Hall–Kier alpha value is -1.60. The first-order chi connectivity index (χ1) is 9.38. The van der Waals surface area contributed by atoms with Crippen LogP contribution in [-0.4, -0.2) is 43.7 Å². The summed E-state index contributed by atoms with van der Waals surface area (Å²) in [4.78, 5) is 12.2. The predicted molar refractivity (Wildman–Crippen MR) is 72.1 cm³/mol. The Balaban J connectivity index is 2.00. The highest BCUT2D eigenvalue weighted by Crippen LogP contribution is 2.20. The molecule has 1 saturated heterocycles. The molecule has 0 aliphatic carbocycles. The predicted octanol–water partition coefficient (Wildman–Crippen LogP) is 1.84. The highest BCUT2D eigenvalue weighted by atomic mass is 32.2. The molecule has 0 spiro atoms. The Morgan fingerprint density at radius 3 is 2.30 bits per heavy atom. The van der Waals surface area contributed by atoms with E-state index in [9.17, 15) is 13.2 Å². The molecule has 2 rings (SSSR count).